The highest BCUT2D eigenvalue weighted by molar-refractivity contribution is 8.26. The molecule has 0 N–H and O–H groups in total. The van der Waals surface area contributed by atoms with Crippen LogP contribution in [-0.2, 0) is 27.3 Å². The predicted molar refractivity (Wildman–Crippen MR) is 175 cm³/mol. The second-order valence-electron chi connectivity index (χ2n) is 10.6. The number of carbonyl (C=O) groups is 2. The smallest absolute Gasteiger partial charge is 0.310 e. The number of thioether (sulfide) groups is 1. The summed E-state index contributed by atoms with van der Waals surface area (Å²) < 4.78 is 18.1. The number of nitrogens with zero attached hydrogens (tertiary/aromatic N) is 4. The minimum absolute atomic E-state index is 0.0383. The topological polar surface area (TPSA) is 114 Å². The van der Waals surface area contributed by atoms with Crippen LogP contribution in [0, 0.1) is 24.2 Å². The van der Waals surface area contributed by atoms with Gasteiger partial charge in [-0.2, -0.15) is 5.26 Å². The van der Waals surface area contributed by atoms with Crippen molar-refractivity contribution in [2.45, 2.75) is 53.0 Å². The molecule has 44 heavy (non-hydrogen) atoms. The fourth-order valence-corrected chi connectivity index (χ4v) is 6.93. The summed E-state index contributed by atoms with van der Waals surface area (Å²) in [6.07, 6.45) is 4.39. The lowest BCUT2D eigenvalue weighted by molar-refractivity contribution is -0.148. The Kier molecular flexibility index (Phi) is 11.1. The largest absolute Gasteiger partial charge is 0.493 e. The maximum absolute atomic E-state index is 13.7. The highest BCUT2D eigenvalue weighted by atomic mass is 32.2. The van der Waals surface area contributed by atoms with E-state index in [1.807, 2.05) is 30.0 Å². The third-order valence-electron chi connectivity index (χ3n) is 7.86. The van der Waals surface area contributed by atoms with Gasteiger partial charge in [-0.25, -0.2) is 0 Å². The number of amides is 1. The SMILES string of the molecule is CCCn1c(N2CCCC(C(=O)OCC)C2)c(C=C2SC(=S)N(CCc3ccc(OC)c(OC)c3)C2=O)c(C)c(C#N)c1=O. The van der Waals surface area contributed by atoms with E-state index in [-0.39, 0.29) is 28.9 Å². The first-order valence-electron chi connectivity index (χ1n) is 14.7. The Balaban J connectivity index is 1.72. The minimum atomic E-state index is -0.375. The van der Waals surface area contributed by atoms with Gasteiger partial charge in [0.2, 0.25) is 0 Å². The van der Waals surface area contributed by atoms with Crippen LogP contribution in [0.15, 0.2) is 27.9 Å². The van der Waals surface area contributed by atoms with Gasteiger partial charge >= 0.3 is 5.97 Å². The summed E-state index contributed by atoms with van der Waals surface area (Å²) in [4.78, 5) is 43.9. The Morgan fingerprint density at radius 3 is 2.59 bits per heavy atom. The van der Waals surface area contributed by atoms with Crippen molar-refractivity contribution in [3.63, 3.8) is 0 Å². The van der Waals surface area contributed by atoms with E-state index in [4.69, 9.17) is 26.4 Å². The molecule has 0 saturated carbocycles. The van der Waals surface area contributed by atoms with E-state index < -0.39 is 0 Å². The second-order valence-corrected chi connectivity index (χ2v) is 12.3. The molecule has 234 valence electrons. The van der Waals surface area contributed by atoms with E-state index in [9.17, 15) is 19.6 Å². The number of hydrogen-bond acceptors (Lipinski definition) is 10. The highest BCUT2D eigenvalue weighted by Crippen LogP contribution is 2.37. The van der Waals surface area contributed by atoms with Gasteiger partial charge in [0.25, 0.3) is 11.5 Å². The van der Waals surface area contributed by atoms with E-state index in [0.29, 0.717) is 89.7 Å². The van der Waals surface area contributed by atoms with Crippen LogP contribution in [0.5, 0.6) is 11.5 Å². The molecule has 0 spiro atoms. The zero-order valence-electron chi connectivity index (χ0n) is 25.8. The molecule has 2 fully saturated rings. The predicted octanol–water partition coefficient (Wildman–Crippen LogP) is 4.68. The van der Waals surface area contributed by atoms with Gasteiger partial charge in [-0.15, -0.1) is 0 Å². The third kappa shape index (κ3) is 6.79. The first-order valence-corrected chi connectivity index (χ1v) is 16.0. The fourth-order valence-electron chi connectivity index (χ4n) is 5.64. The molecule has 10 nitrogen and oxygen atoms in total. The Hall–Kier alpha value is -3.82. The second kappa shape index (κ2) is 14.8. The average Bonchev–Trinajstić information content (AvgIpc) is 3.29. The van der Waals surface area contributed by atoms with E-state index >= 15 is 0 Å². The monoisotopic (exact) mass is 638 g/mol. The summed E-state index contributed by atoms with van der Waals surface area (Å²) in [7, 11) is 3.15. The van der Waals surface area contributed by atoms with Crippen molar-refractivity contribution in [3.8, 4) is 17.6 Å². The van der Waals surface area contributed by atoms with Gasteiger partial charge in [0.1, 0.15) is 21.8 Å². The molecule has 1 aromatic carbocycles. The molecule has 1 atom stereocenters. The van der Waals surface area contributed by atoms with Crippen molar-refractivity contribution in [1.29, 1.82) is 5.26 Å². The van der Waals surface area contributed by atoms with Crippen LogP contribution < -0.4 is 19.9 Å². The first-order chi connectivity index (χ1) is 21.2. The number of rotatable bonds is 11. The molecule has 0 aliphatic carbocycles. The van der Waals surface area contributed by atoms with Gasteiger partial charge in [-0.05, 0) is 68.9 Å². The van der Waals surface area contributed by atoms with Crippen LogP contribution in [0.1, 0.15) is 55.4 Å². The summed E-state index contributed by atoms with van der Waals surface area (Å²) in [6.45, 7) is 7.53. The molecule has 0 radical (unpaired) electrons. The standard InChI is InChI=1S/C32H38N4O6S2/c1-6-13-35-28(34-14-8-9-22(19-34)31(39)42-7-2)23(20(3)24(18-33)29(35)37)17-27-30(38)36(32(43)44-27)15-12-21-10-11-25(40-4)26(16-21)41-5/h10-11,16-17,22H,6-9,12-15,19H2,1-5H3. The number of hydrogen-bond donors (Lipinski definition) is 0. The quantitative estimate of drug-likeness (QED) is 0.195. The van der Waals surface area contributed by atoms with E-state index in [1.165, 1.54) is 11.8 Å². The lowest BCUT2D eigenvalue weighted by Gasteiger charge is -2.36. The summed E-state index contributed by atoms with van der Waals surface area (Å²) >= 11 is 6.82. The van der Waals surface area contributed by atoms with Crippen molar-refractivity contribution in [1.82, 2.24) is 9.47 Å². The molecule has 4 rings (SSSR count). The Labute approximate surface area is 267 Å². The number of methoxy groups -OCH3 is 2. The number of anilines is 1. The number of pyridine rings is 1. The van der Waals surface area contributed by atoms with Gasteiger partial charge in [0, 0.05) is 31.7 Å². The van der Waals surface area contributed by atoms with Gasteiger partial charge in [-0.3, -0.25) is 23.9 Å². The molecular weight excluding hydrogens is 601 g/mol. The molecule has 1 amide bonds. The van der Waals surface area contributed by atoms with E-state index in [2.05, 4.69) is 6.07 Å². The van der Waals surface area contributed by atoms with Crippen LogP contribution in [-0.4, -0.2) is 66.1 Å². The maximum atomic E-state index is 13.7. The Morgan fingerprint density at radius 1 is 1.18 bits per heavy atom. The Bertz CT molecular complexity index is 1580. The normalized spacial score (nSPS) is 17.6. The maximum Gasteiger partial charge on any atom is 0.310 e. The van der Waals surface area contributed by atoms with Gasteiger partial charge in [0.05, 0.1) is 31.6 Å². The van der Waals surface area contributed by atoms with Crippen molar-refractivity contribution >= 4 is 52.1 Å². The zero-order chi connectivity index (χ0) is 32.0. The molecular formula is C32H38N4O6S2. The minimum Gasteiger partial charge on any atom is -0.493 e. The van der Waals surface area contributed by atoms with E-state index in [0.717, 1.165) is 12.0 Å². The number of ether oxygens (including phenoxy) is 3. The van der Waals surface area contributed by atoms with Crippen LogP contribution in [0.3, 0.4) is 0 Å². The van der Waals surface area contributed by atoms with Crippen LogP contribution in [0.25, 0.3) is 6.08 Å². The van der Waals surface area contributed by atoms with Gasteiger partial charge < -0.3 is 19.1 Å². The fraction of sp³-hybridized carbons (Fsp3) is 0.469. The van der Waals surface area contributed by atoms with Crippen molar-refractivity contribution in [2.75, 3.05) is 45.4 Å². The van der Waals surface area contributed by atoms with Gasteiger partial charge in [-0.1, -0.05) is 37.0 Å². The average molecular weight is 639 g/mol. The lowest BCUT2D eigenvalue weighted by atomic mass is 9.96. The summed E-state index contributed by atoms with van der Waals surface area (Å²) in [5.41, 5.74) is 1.73. The molecule has 2 aromatic rings. The van der Waals surface area contributed by atoms with Crippen LogP contribution in [0.2, 0.25) is 0 Å². The van der Waals surface area contributed by atoms with Crippen LogP contribution >= 0.6 is 24.0 Å². The molecule has 12 heteroatoms. The number of thiocarbonyl (C=S) groups is 1. The molecule has 2 aliphatic rings. The number of nitriles is 1. The molecule has 3 heterocycles. The third-order valence-corrected chi connectivity index (χ3v) is 9.23. The number of esters is 1. The zero-order valence-corrected chi connectivity index (χ0v) is 27.4. The van der Waals surface area contributed by atoms with Crippen molar-refractivity contribution in [2.24, 2.45) is 5.92 Å². The van der Waals surface area contributed by atoms with Crippen molar-refractivity contribution < 1.29 is 23.8 Å². The number of benzene rings is 1. The summed E-state index contributed by atoms with van der Waals surface area (Å²) in [5, 5.41) is 9.96. The van der Waals surface area contributed by atoms with Crippen molar-refractivity contribution in [3.05, 3.63) is 55.7 Å². The molecule has 1 aromatic heterocycles. The van der Waals surface area contributed by atoms with E-state index in [1.54, 1.807) is 43.6 Å². The molecule has 2 aliphatic heterocycles. The molecule has 2 saturated heterocycles. The van der Waals surface area contributed by atoms with Gasteiger partial charge in [0.15, 0.2) is 11.5 Å². The number of aromatic nitrogens is 1. The number of piperidine rings is 1. The highest BCUT2D eigenvalue weighted by Gasteiger charge is 2.34. The number of carbonyl (C=O) groups excluding carboxylic acids is 2. The summed E-state index contributed by atoms with van der Waals surface area (Å²) in [6, 6.07) is 7.71. The van der Waals surface area contributed by atoms with Crippen LogP contribution in [0.4, 0.5) is 5.82 Å². The Morgan fingerprint density at radius 2 is 1.93 bits per heavy atom. The summed E-state index contributed by atoms with van der Waals surface area (Å²) in [5.74, 6) is 1.01. The first kappa shape index (κ1) is 33.1. The lowest BCUT2D eigenvalue weighted by Crippen LogP contribution is -2.43. The molecule has 1 unspecified atom stereocenters. The molecule has 0 bridgehead atoms.